The zero-order valence-corrected chi connectivity index (χ0v) is 13.7. The number of halogens is 2. The maximum absolute atomic E-state index is 9.01. The zero-order chi connectivity index (χ0) is 14.1. The normalized spacial score (nSPS) is 10.4. The van der Waals surface area contributed by atoms with Crippen LogP contribution in [0.5, 0.6) is 0 Å². The summed E-state index contributed by atoms with van der Waals surface area (Å²) >= 11 is 8.12. The lowest BCUT2D eigenvalue weighted by Crippen LogP contribution is -1.87. The van der Waals surface area contributed by atoms with Crippen molar-refractivity contribution in [3.8, 4) is 28.4 Å². The van der Waals surface area contributed by atoms with E-state index in [9.17, 15) is 0 Å². The van der Waals surface area contributed by atoms with Gasteiger partial charge in [0.1, 0.15) is 16.6 Å². The molecule has 0 bridgehead atoms. The van der Waals surface area contributed by atoms with Gasteiger partial charge in [0.2, 0.25) is 5.82 Å². The predicted octanol–water partition coefficient (Wildman–Crippen LogP) is 4.26. The number of aromatic nitrogens is 3. The maximum atomic E-state index is 9.01. The van der Waals surface area contributed by atoms with E-state index in [-0.39, 0.29) is 0 Å². The summed E-state index contributed by atoms with van der Waals surface area (Å²) in [6, 6.07) is 5.66. The molecule has 3 rings (SSSR count). The van der Waals surface area contributed by atoms with Crippen LogP contribution in [-0.2, 0) is 0 Å². The van der Waals surface area contributed by atoms with Crippen LogP contribution in [-0.4, -0.2) is 15.1 Å². The molecule has 3 aromatic heterocycles. The first-order valence-electron chi connectivity index (χ1n) is 5.32. The molecule has 20 heavy (non-hydrogen) atoms. The van der Waals surface area contributed by atoms with Gasteiger partial charge in [-0.2, -0.15) is 10.2 Å². The van der Waals surface area contributed by atoms with Crippen LogP contribution in [0.4, 0.5) is 0 Å². The number of thiophene rings is 1. The van der Waals surface area contributed by atoms with Gasteiger partial charge in [0.25, 0.3) is 5.89 Å². The summed E-state index contributed by atoms with van der Waals surface area (Å²) in [6.45, 7) is 0. The molecule has 3 aromatic rings. The minimum absolute atomic E-state index is 0.322. The molecule has 98 valence electrons. The Labute approximate surface area is 134 Å². The lowest BCUT2D eigenvalue weighted by molar-refractivity contribution is 0.433. The number of nitrogens with zero attached hydrogens (tertiary/aromatic N) is 4. The van der Waals surface area contributed by atoms with Gasteiger partial charge in [-0.25, -0.2) is 0 Å². The second kappa shape index (κ2) is 5.44. The van der Waals surface area contributed by atoms with Gasteiger partial charge in [-0.3, -0.25) is 4.98 Å². The molecule has 0 unspecified atom stereocenters. The summed E-state index contributed by atoms with van der Waals surface area (Å²) in [7, 11) is 0. The summed E-state index contributed by atoms with van der Waals surface area (Å²) in [5.74, 6) is 0.694. The van der Waals surface area contributed by atoms with Crippen molar-refractivity contribution in [2.75, 3.05) is 0 Å². The SMILES string of the molecule is N#Cc1ccsc1-c1nc(-c2ncc(Br)cc2Br)no1. The maximum Gasteiger partial charge on any atom is 0.269 e. The molecule has 0 radical (unpaired) electrons. The Morgan fingerprint density at radius 3 is 2.95 bits per heavy atom. The Balaban J connectivity index is 2.05. The van der Waals surface area contributed by atoms with Gasteiger partial charge in [-0.1, -0.05) is 5.16 Å². The van der Waals surface area contributed by atoms with Crippen molar-refractivity contribution >= 4 is 43.2 Å². The highest BCUT2D eigenvalue weighted by Gasteiger charge is 2.17. The average Bonchev–Trinajstić information content (AvgIpc) is 3.06. The van der Waals surface area contributed by atoms with Crippen LogP contribution >= 0.6 is 43.2 Å². The molecule has 0 amide bonds. The first-order valence-corrected chi connectivity index (χ1v) is 7.78. The van der Waals surface area contributed by atoms with E-state index in [2.05, 4.69) is 53.1 Å². The van der Waals surface area contributed by atoms with Crippen molar-refractivity contribution in [1.82, 2.24) is 15.1 Å². The van der Waals surface area contributed by atoms with Gasteiger partial charge in [-0.15, -0.1) is 11.3 Å². The average molecular weight is 412 g/mol. The van der Waals surface area contributed by atoms with Gasteiger partial charge < -0.3 is 4.52 Å². The topological polar surface area (TPSA) is 75.6 Å². The Kier molecular flexibility index (Phi) is 3.65. The van der Waals surface area contributed by atoms with E-state index in [0.29, 0.717) is 27.8 Å². The molecule has 8 heteroatoms. The molecule has 0 saturated heterocycles. The van der Waals surface area contributed by atoms with Crippen LogP contribution in [0.3, 0.4) is 0 Å². The molecule has 0 fully saturated rings. The third-order valence-corrected chi connectivity index (χ3v) is 4.37. The van der Waals surface area contributed by atoms with Crippen molar-refractivity contribution in [3.63, 3.8) is 0 Å². The number of hydrogen-bond donors (Lipinski definition) is 0. The lowest BCUT2D eigenvalue weighted by atomic mass is 10.3. The minimum Gasteiger partial charge on any atom is -0.333 e. The Morgan fingerprint density at radius 1 is 1.35 bits per heavy atom. The van der Waals surface area contributed by atoms with E-state index >= 15 is 0 Å². The van der Waals surface area contributed by atoms with E-state index in [1.807, 2.05) is 11.4 Å². The van der Waals surface area contributed by atoms with Gasteiger partial charge in [0.05, 0.1) is 5.56 Å². The van der Waals surface area contributed by atoms with E-state index < -0.39 is 0 Å². The molecule has 0 aliphatic carbocycles. The molecule has 5 nitrogen and oxygen atoms in total. The van der Waals surface area contributed by atoms with Crippen LogP contribution < -0.4 is 0 Å². The minimum atomic E-state index is 0.322. The molecule has 0 aliphatic heterocycles. The van der Waals surface area contributed by atoms with E-state index in [4.69, 9.17) is 9.78 Å². The second-order valence-electron chi connectivity index (χ2n) is 3.68. The summed E-state index contributed by atoms with van der Waals surface area (Å²) in [5.41, 5.74) is 1.10. The summed E-state index contributed by atoms with van der Waals surface area (Å²) in [4.78, 5) is 9.21. The second-order valence-corrected chi connectivity index (χ2v) is 6.37. The monoisotopic (exact) mass is 410 g/mol. The fourth-order valence-electron chi connectivity index (χ4n) is 1.55. The predicted molar refractivity (Wildman–Crippen MR) is 81.0 cm³/mol. The van der Waals surface area contributed by atoms with Crippen LogP contribution in [0, 0.1) is 11.3 Å². The Hall–Kier alpha value is -1.56. The van der Waals surface area contributed by atoms with Crippen LogP contribution in [0.25, 0.3) is 22.3 Å². The van der Waals surface area contributed by atoms with Gasteiger partial charge in [0, 0.05) is 15.1 Å². The van der Waals surface area contributed by atoms with Crippen LogP contribution in [0.1, 0.15) is 5.56 Å². The quantitative estimate of drug-likeness (QED) is 0.629. The Morgan fingerprint density at radius 2 is 2.20 bits per heavy atom. The van der Waals surface area contributed by atoms with Gasteiger partial charge in [0.15, 0.2) is 0 Å². The lowest BCUT2D eigenvalue weighted by Gasteiger charge is -1.97. The van der Waals surface area contributed by atoms with Crippen molar-refractivity contribution in [3.05, 3.63) is 38.2 Å². The first-order chi connectivity index (χ1) is 9.69. The number of hydrogen-bond acceptors (Lipinski definition) is 6. The third-order valence-electron chi connectivity index (χ3n) is 2.43. The summed E-state index contributed by atoms with van der Waals surface area (Å²) in [6.07, 6.45) is 1.65. The molecule has 0 aliphatic rings. The van der Waals surface area contributed by atoms with Crippen molar-refractivity contribution < 1.29 is 4.52 Å². The van der Waals surface area contributed by atoms with E-state index in [1.165, 1.54) is 11.3 Å². The molecule has 0 N–H and O–H groups in total. The fourth-order valence-corrected chi connectivity index (χ4v) is 3.48. The molecule has 0 atom stereocenters. The molecule has 0 aromatic carbocycles. The summed E-state index contributed by atoms with van der Waals surface area (Å²) in [5, 5.41) is 14.7. The summed E-state index contributed by atoms with van der Waals surface area (Å²) < 4.78 is 6.82. The Bertz CT molecular complexity index is 821. The number of rotatable bonds is 2. The van der Waals surface area contributed by atoms with E-state index in [0.717, 1.165) is 8.95 Å². The number of nitriles is 1. The molecule has 0 spiro atoms. The van der Waals surface area contributed by atoms with Gasteiger partial charge in [-0.05, 0) is 49.4 Å². The highest BCUT2D eigenvalue weighted by atomic mass is 79.9. The fraction of sp³-hybridized carbons (Fsp3) is 0. The molecular formula is C12H4Br2N4OS. The molecular weight excluding hydrogens is 408 g/mol. The van der Waals surface area contributed by atoms with E-state index in [1.54, 1.807) is 12.3 Å². The molecule has 0 saturated carbocycles. The zero-order valence-electron chi connectivity index (χ0n) is 9.67. The van der Waals surface area contributed by atoms with Crippen molar-refractivity contribution in [2.45, 2.75) is 0 Å². The third kappa shape index (κ3) is 2.40. The highest BCUT2D eigenvalue weighted by molar-refractivity contribution is 9.11. The van der Waals surface area contributed by atoms with Crippen molar-refractivity contribution in [2.24, 2.45) is 0 Å². The first kappa shape index (κ1) is 13.4. The van der Waals surface area contributed by atoms with Gasteiger partial charge >= 0.3 is 0 Å². The van der Waals surface area contributed by atoms with Crippen LogP contribution in [0.15, 0.2) is 37.2 Å². The largest absolute Gasteiger partial charge is 0.333 e. The standard InChI is InChI=1S/C12H4Br2N4OS/c13-7-3-8(14)9(16-5-7)11-17-12(19-18-11)10-6(4-15)1-2-20-10/h1-3,5H. The van der Waals surface area contributed by atoms with Crippen LogP contribution in [0.2, 0.25) is 0 Å². The number of pyridine rings is 1. The smallest absolute Gasteiger partial charge is 0.269 e. The highest BCUT2D eigenvalue weighted by Crippen LogP contribution is 2.31. The molecule has 3 heterocycles. The van der Waals surface area contributed by atoms with Crippen molar-refractivity contribution in [1.29, 1.82) is 5.26 Å².